The number of para-hydroxylation sites is 1. The molecule has 2 aromatic heterocycles. The SMILES string of the molecule is Cc1c(C#N)c(N2CCC(CCn3cccn3)CC2)nc2ccccc12. The van der Waals surface area contributed by atoms with Gasteiger partial charge in [-0.3, -0.25) is 4.68 Å². The van der Waals surface area contributed by atoms with Crippen molar-refractivity contribution in [3.05, 3.63) is 53.9 Å². The number of nitrogens with zero attached hydrogens (tertiary/aromatic N) is 5. The molecule has 1 saturated heterocycles. The van der Waals surface area contributed by atoms with Gasteiger partial charge < -0.3 is 4.90 Å². The molecule has 26 heavy (non-hydrogen) atoms. The highest BCUT2D eigenvalue weighted by atomic mass is 15.3. The molecule has 1 aliphatic heterocycles. The Balaban J connectivity index is 1.49. The number of fused-ring (bicyclic) bond motifs is 1. The van der Waals surface area contributed by atoms with Crippen LogP contribution in [0.25, 0.3) is 10.9 Å². The highest BCUT2D eigenvalue weighted by Crippen LogP contribution is 2.31. The molecule has 0 atom stereocenters. The van der Waals surface area contributed by atoms with Crippen LogP contribution in [0.1, 0.15) is 30.4 Å². The van der Waals surface area contributed by atoms with Gasteiger partial charge in [0.05, 0.1) is 11.1 Å². The zero-order valence-corrected chi connectivity index (χ0v) is 15.1. The van der Waals surface area contributed by atoms with Gasteiger partial charge in [0.15, 0.2) is 0 Å². The smallest absolute Gasteiger partial charge is 0.147 e. The summed E-state index contributed by atoms with van der Waals surface area (Å²) in [6.45, 7) is 4.93. The van der Waals surface area contributed by atoms with Gasteiger partial charge in [-0.2, -0.15) is 10.4 Å². The quantitative estimate of drug-likeness (QED) is 0.719. The van der Waals surface area contributed by atoms with Gasteiger partial charge in [-0.15, -0.1) is 0 Å². The van der Waals surface area contributed by atoms with E-state index in [9.17, 15) is 5.26 Å². The third-order valence-corrected chi connectivity index (χ3v) is 5.48. The van der Waals surface area contributed by atoms with Gasteiger partial charge in [-0.05, 0) is 49.8 Å². The molecule has 3 aromatic rings. The lowest BCUT2D eigenvalue weighted by Gasteiger charge is -2.33. The first-order chi connectivity index (χ1) is 12.8. The maximum atomic E-state index is 9.70. The van der Waals surface area contributed by atoms with Crippen molar-refractivity contribution in [2.75, 3.05) is 18.0 Å². The number of pyridine rings is 1. The Morgan fingerprint density at radius 1 is 1.19 bits per heavy atom. The number of hydrogen-bond donors (Lipinski definition) is 0. The Bertz CT molecular complexity index is 931. The van der Waals surface area contributed by atoms with Crippen molar-refractivity contribution >= 4 is 16.7 Å². The number of nitriles is 1. The number of benzene rings is 1. The molecule has 0 bridgehead atoms. The van der Waals surface area contributed by atoms with Gasteiger partial charge in [0, 0.05) is 37.4 Å². The van der Waals surface area contributed by atoms with Gasteiger partial charge in [-0.1, -0.05) is 18.2 Å². The topological polar surface area (TPSA) is 57.7 Å². The van der Waals surface area contributed by atoms with Crippen LogP contribution in [0.2, 0.25) is 0 Å². The molecule has 1 aliphatic rings. The molecule has 0 radical (unpaired) electrons. The average molecular weight is 345 g/mol. The van der Waals surface area contributed by atoms with Gasteiger partial charge in [0.25, 0.3) is 0 Å². The minimum absolute atomic E-state index is 0.711. The number of hydrogen-bond acceptors (Lipinski definition) is 4. The van der Waals surface area contributed by atoms with Gasteiger partial charge in [0.1, 0.15) is 11.9 Å². The van der Waals surface area contributed by atoms with Crippen molar-refractivity contribution in [2.24, 2.45) is 5.92 Å². The van der Waals surface area contributed by atoms with Crippen LogP contribution in [0.5, 0.6) is 0 Å². The van der Waals surface area contributed by atoms with E-state index in [0.717, 1.165) is 66.7 Å². The van der Waals surface area contributed by atoms with E-state index < -0.39 is 0 Å². The van der Waals surface area contributed by atoms with E-state index in [1.54, 1.807) is 0 Å². The highest BCUT2D eigenvalue weighted by Gasteiger charge is 2.23. The molecule has 0 aliphatic carbocycles. The summed E-state index contributed by atoms with van der Waals surface area (Å²) in [6.07, 6.45) is 7.29. The summed E-state index contributed by atoms with van der Waals surface area (Å²) >= 11 is 0. The molecule has 4 rings (SSSR count). The summed E-state index contributed by atoms with van der Waals surface area (Å²) in [7, 11) is 0. The molecule has 3 heterocycles. The molecular formula is C21H23N5. The molecule has 132 valence electrons. The molecule has 1 fully saturated rings. The second-order valence-corrected chi connectivity index (χ2v) is 7.05. The summed E-state index contributed by atoms with van der Waals surface area (Å²) in [5, 5.41) is 15.1. The highest BCUT2D eigenvalue weighted by molar-refractivity contribution is 5.87. The van der Waals surface area contributed by atoms with Crippen molar-refractivity contribution in [2.45, 2.75) is 32.7 Å². The van der Waals surface area contributed by atoms with Crippen LogP contribution < -0.4 is 4.90 Å². The van der Waals surface area contributed by atoms with Crippen LogP contribution in [0.4, 0.5) is 5.82 Å². The van der Waals surface area contributed by atoms with E-state index >= 15 is 0 Å². The predicted octanol–water partition coefficient (Wildman–Crippen LogP) is 3.92. The zero-order valence-electron chi connectivity index (χ0n) is 15.1. The van der Waals surface area contributed by atoms with E-state index in [0.29, 0.717) is 5.92 Å². The van der Waals surface area contributed by atoms with Crippen molar-refractivity contribution < 1.29 is 0 Å². The molecule has 5 nitrogen and oxygen atoms in total. The lowest BCUT2D eigenvalue weighted by atomic mass is 9.93. The first kappa shape index (κ1) is 16.6. The van der Waals surface area contributed by atoms with Crippen molar-refractivity contribution in [1.29, 1.82) is 5.26 Å². The Labute approximate surface area is 153 Å². The Kier molecular flexibility index (Phi) is 4.57. The third kappa shape index (κ3) is 3.15. The van der Waals surface area contributed by atoms with Crippen LogP contribution in [0.15, 0.2) is 42.7 Å². The first-order valence-corrected chi connectivity index (χ1v) is 9.28. The fourth-order valence-electron chi connectivity index (χ4n) is 3.90. The molecule has 0 saturated carbocycles. The third-order valence-electron chi connectivity index (χ3n) is 5.48. The van der Waals surface area contributed by atoms with Crippen molar-refractivity contribution in [1.82, 2.24) is 14.8 Å². The normalized spacial score (nSPS) is 15.3. The van der Waals surface area contributed by atoms with E-state index in [-0.39, 0.29) is 0 Å². The molecule has 0 N–H and O–H groups in total. The number of anilines is 1. The fraction of sp³-hybridized carbons (Fsp3) is 0.381. The van der Waals surface area contributed by atoms with Gasteiger partial charge >= 0.3 is 0 Å². The lowest BCUT2D eigenvalue weighted by molar-refractivity contribution is 0.353. The summed E-state index contributed by atoms with van der Waals surface area (Å²) < 4.78 is 2.01. The van der Waals surface area contributed by atoms with Gasteiger partial charge in [-0.25, -0.2) is 4.98 Å². The zero-order chi connectivity index (χ0) is 17.9. The minimum Gasteiger partial charge on any atom is -0.355 e. The molecule has 0 amide bonds. The lowest BCUT2D eigenvalue weighted by Crippen LogP contribution is -2.35. The van der Waals surface area contributed by atoms with E-state index in [4.69, 9.17) is 4.98 Å². The molecule has 5 heteroatoms. The van der Waals surface area contributed by atoms with E-state index in [1.165, 1.54) is 0 Å². The number of aryl methyl sites for hydroxylation is 2. The largest absolute Gasteiger partial charge is 0.355 e. The van der Waals surface area contributed by atoms with Crippen LogP contribution in [-0.4, -0.2) is 27.9 Å². The van der Waals surface area contributed by atoms with Crippen molar-refractivity contribution in [3.8, 4) is 6.07 Å². The van der Waals surface area contributed by atoms with E-state index in [1.807, 2.05) is 54.3 Å². The summed E-state index contributed by atoms with van der Waals surface area (Å²) in [4.78, 5) is 7.13. The maximum absolute atomic E-state index is 9.70. The molecular weight excluding hydrogens is 322 g/mol. The second-order valence-electron chi connectivity index (χ2n) is 7.05. The monoisotopic (exact) mass is 345 g/mol. The Morgan fingerprint density at radius 2 is 2.00 bits per heavy atom. The first-order valence-electron chi connectivity index (χ1n) is 9.28. The summed E-state index contributed by atoms with van der Waals surface area (Å²) in [5.41, 5.74) is 2.73. The minimum atomic E-state index is 0.711. The molecule has 0 unspecified atom stereocenters. The standard InChI is InChI=1S/C21H23N5/c1-16-18-5-2-3-6-20(18)24-21(19(16)15-22)25-12-7-17(8-13-25)9-14-26-11-4-10-23-26/h2-6,10-11,17H,7-9,12-14H2,1H3. The van der Waals surface area contributed by atoms with Crippen molar-refractivity contribution in [3.63, 3.8) is 0 Å². The van der Waals surface area contributed by atoms with Crippen LogP contribution >= 0.6 is 0 Å². The maximum Gasteiger partial charge on any atom is 0.147 e. The van der Waals surface area contributed by atoms with Crippen LogP contribution in [0, 0.1) is 24.2 Å². The Morgan fingerprint density at radius 3 is 2.73 bits per heavy atom. The van der Waals surface area contributed by atoms with E-state index in [2.05, 4.69) is 16.1 Å². The fourth-order valence-corrected chi connectivity index (χ4v) is 3.90. The predicted molar refractivity (Wildman–Crippen MR) is 103 cm³/mol. The summed E-state index contributed by atoms with van der Waals surface area (Å²) in [5.74, 6) is 1.57. The van der Waals surface area contributed by atoms with Gasteiger partial charge in [0.2, 0.25) is 0 Å². The molecule has 1 aromatic carbocycles. The van der Waals surface area contributed by atoms with Crippen LogP contribution in [0.3, 0.4) is 0 Å². The second kappa shape index (κ2) is 7.17. The van der Waals surface area contributed by atoms with Crippen LogP contribution in [-0.2, 0) is 6.54 Å². The Hall–Kier alpha value is -2.87. The number of rotatable bonds is 4. The molecule has 0 spiro atoms. The number of aromatic nitrogens is 3. The number of piperidine rings is 1. The summed E-state index contributed by atoms with van der Waals surface area (Å²) in [6, 6.07) is 12.5. The average Bonchev–Trinajstić information content (AvgIpc) is 3.20.